The molecule has 6 heteroatoms. The van der Waals surface area contributed by atoms with Crippen LogP contribution in [-0.4, -0.2) is 31.8 Å². The Morgan fingerprint density at radius 3 is 2.12 bits per heavy atom. The lowest BCUT2D eigenvalue weighted by Gasteiger charge is -2.20. The van der Waals surface area contributed by atoms with E-state index >= 15 is 0 Å². The lowest BCUT2D eigenvalue weighted by molar-refractivity contribution is 0.0734. The molecule has 2 aromatic rings. The van der Waals surface area contributed by atoms with Crippen molar-refractivity contribution in [2.75, 3.05) is 13.1 Å². The number of esters is 1. The van der Waals surface area contributed by atoms with Gasteiger partial charge in [0, 0.05) is 13.1 Å². The van der Waals surface area contributed by atoms with E-state index in [0.717, 1.165) is 11.1 Å². The average molecular weight is 375 g/mol. The first-order valence-electron chi connectivity index (χ1n) is 8.61. The van der Waals surface area contributed by atoms with Crippen LogP contribution in [0.4, 0.5) is 0 Å². The van der Waals surface area contributed by atoms with Gasteiger partial charge in [-0.05, 0) is 61.7 Å². The van der Waals surface area contributed by atoms with Gasteiger partial charge < -0.3 is 4.74 Å². The predicted octanol–water partition coefficient (Wildman–Crippen LogP) is 3.86. The molecule has 2 rings (SSSR count). The maximum absolute atomic E-state index is 12.8. The van der Waals surface area contributed by atoms with Crippen molar-refractivity contribution in [3.8, 4) is 5.75 Å². The van der Waals surface area contributed by atoms with Crippen LogP contribution in [0.25, 0.3) is 0 Å². The van der Waals surface area contributed by atoms with E-state index in [1.165, 1.54) is 10.4 Å². The van der Waals surface area contributed by atoms with E-state index in [1.54, 1.807) is 45.0 Å². The fourth-order valence-electron chi connectivity index (χ4n) is 2.65. The topological polar surface area (TPSA) is 63.7 Å². The lowest BCUT2D eigenvalue weighted by atomic mass is 10.1. The molecule has 0 atom stereocenters. The Labute approximate surface area is 155 Å². The third kappa shape index (κ3) is 4.14. The van der Waals surface area contributed by atoms with Gasteiger partial charge in [-0.1, -0.05) is 26.0 Å². The van der Waals surface area contributed by atoms with Gasteiger partial charge in [0.15, 0.2) is 0 Å². The molecule has 0 N–H and O–H groups in total. The van der Waals surface area contributed by atoms with Gasteiger partial charge in [0.2, 0.25) is 10.0 Å². The third-order valence-electron chi connectivity index (χ3n) is 4.44. The maximum atomic E-state index is 12.8. The number of nitrogens with zero attached hydrogens (tertiary/aromatic N) is 1. The minimum absolute atomic E-state index is 0.135. The number of carbonyl (C=O) groups is 1. The van der Waals surface area contributed by atoms with Crippen LogP contribution in [0.2, 0.25) is 0 Å². The molecule has 0 aromatic heterocycles. The molecule has 0 radical (unpaired) electrons. The summed E-state index contributed by atoms with van der Waals surface area (Å²) in [6.45, 7) is 9.95. The Morgan fingerprint density at radius 2 is 1.54 bits per heavy atom. The predicted molar refractivity (Wildman–Crippen MR) is 102 cm³/mol. The zero-order valence-electron chi connectivity index (χ0n) is 15.9. The summed E-state index contributed by atoms with van der Waals surface area (Å²) in [6, 6.07) is 10.0. The van der Waals surface area contributed by atoms with Gasteiger partial charge in [-0.2, -0.15) is 4.31 Å². The van der Waals surface area contributed by atoms with Crippen LogP contribution in [-0.2, 0) is 10.0 Å². The van der Waals surface area contributed by atoms with Crippen LogP contribution in [0.5, 0.6) is 5.75 Å². The van der Waals surface area contributed by atoms with Gasteiger partial charge >= 0.3 is 5.97 Å². The summed E-state index contributed by atoms with van der Waals surface area (Å²) < 4.78 is 32.4. The van der Waals surface area contributed by atoms with Gasteiger partial charge in [0.25, 0.3) is 0 Å². The fourth-order valence-corrected chi connectivity index (χ4v) is 4.36. The third-order valence-corrected chi connectivity index (χ3v) is 6.63. The van der Waals surface area contributed by atoms with Crippen molar-refractivity contribution in [3.05, 3.63) is 58.7 Å². The van der Waals surface area contributed by atoms with E-state index in [1.807, 2.05) is 19.9 Å². The van der Waals surface area contributed by atoms with Crippen molar-refractivity contribution in [1.82, 2.24) is 4.31 Å². The number of sulfonamides is 1. The van der Waals surface area contributed by atoms with Gasteiger partial charge in [-0.25, -0.2) is 13.2 Å². The van der Waals surface area contributed by atoms with Crippen LogP contribution in [0.15, 0.2) is 41.3 Å². The summed E-state index contributed by atoms with van der Waals surface area (Å²) in [6.07, 6.45) is 0. The SMILES string of the molecule is CCN(CC)S(=O)(=O)c1cc(C(=O)Oc2ccc(C)c(C)c2)ccc1C. The summed E-state index contributed by atoms with van der Waals surface area (Å²) in [5, 5.41) is 0. The summed E-state index contributed by atoms with van der Waals surface area (Å²) in [5.41, 5.74) is 2.93. The Hall–Kier alpha value is -2.18. The highest BCUT2D eigenvalue weighted by Crippen LogP contribution is 2.23. The minimum Gasteiger partial charge on any atom is -0.423 e. The number of carbonyl (C=O) groups excluding carboxylic acids is 1. The second kappa shape index (κ2) is 8.01. The average Bonchev–Trinajstić information content (AvgIpc) is 2.59. The first-order valence-corrected chi connectivity index (χ1v) is 10.0. The summed E-state index contributed by atoms with van der Waals surface area (Å²) in [4.78, 5) is 12.6. The number of benzene rings is 2. The molecular weight excluding hydrogens is 350 g/mol. The summed E-state index contributed by atoms with van der Waals surface area (Å²) in [5.74, 6) is -0.143. The molecule has 140 valence electrons. The van der Waals surface area contributed by atoms with E-state index in [0.29, 0.717) is 24.4 Å². The molecule has 0 aliphatic heterocycles. The van der Waals surface area contributed by atoms with E-state index in [4.69, 9.17) is 4.74 Å². The molecule has 0 spiro atoms. The fraction of sp³-hybridized carbons (Fsp3) is 0.350. The molecule has 2 aromatic carbocycles. The number of rotatable bonds is 6. The number of aryl methyl sites for hydroxylation is 3. The molecule has 0 fully saturated rings. The molecule has 0 amide bonds. The van der Waals surface area contributed by atoms with Crippen molar-refractivity contribution in [1.29, 1.82) is 0 Å². The number of hydrogen-bond acceptors (Lipinski definition) is 4. The molecule has 0 saturated heterocycles. The van der Waals surface area contributed by atoms with Gasteiger partial charge in [-0.3, -0.25) is 0 Å². The summed E-state index contributed by atoms with van der Waals surface area (Å²) >= 11 is 0. The Balaban J connectivity index is 2.36. The van der Waals surface area contributed by atoms with Crippen molar-refractivity contribution >= 4 is 16.0 Å². The molecular formula is C20H25NO4S. The van der Waals surface area contributed by atoms with E-state index < -0.39 is 16.0 Å². The smallest absolute Gasteiger partial charge is 0.343 e. The quantitative estimate of drug-likeness (QED) is 0.568. The van der Waals surface area contributed by atoms with Crippen LogP contribution < -0.4 is 4.74 Å². The molecule has 0 bridgehead atoms. The molecule has 0 aliphatic rings. The Morgan fingerprint density at radius 1 is 0.923 bits per heavy atom. The normalized spacial score (nSPS) is 11.6. The number of hydrogen-bond donors (Lipinski definition) is 0. The highest BCUT2D eigenvalue weighted by molar-refractivity contribution is 7.89. The van der Waals surface area contributed by atoms with E-state index in [-0.39, 0.29) is 10.5 Å². The van der Waals surface area contributed by atoms with Crippen LogP contribution in [0, 0.1) is 20.8 Å². The monoisotopic (exact) mass is 375 g/mol. The van der Waals surface area contributed by atoms with Crippen LogP contribution in [0.3, 0.4) is 0 Å². The molecule has 0 heterocycles. The molecule has 0 saturated carbocycles. The van der Waals surface area contributed by atoms with Gasteiger partial charge in [-0.15, -0.1) is 0 Å². The van der Waals surface area contributed by atoms with Crippen molar-refractivity contribution in [2.24, 2.45) is 0 Å². The van der Waals surface area contributed by atoms with E-state index in [2.05, 4.69) is 0 Å². The van der Waals surface area contributed by atoms with Crippen molar-refractivity contribution in [3.63, 3.8) is 0 Å². The largest absolute Gasteiger partial charge is 0.423 e. The minimum atomic E-state index is -3.65. The van der Waals surface area contributed by atoms with Crippen molar-refractivity contribution in [2.45, 2.75) is 39.5 Å². The standard InChI is InChI=1S/C20H25NO4S/c1-6-21(7-2)26(23,24)19-13-17(10-8-15(19)4)20(22)25-18-11-9-14(3)16(5)12-18/h8-13H,6-7H2,1-5H3. The molecule has 0 unspecified atom stereocenters. The lowest BCUT2D eigenvalue weighted by Crippen LogP contribution is -2.31. The molecule has 0 aliphatic carbocycles. The first-order chi connectivity index (χ1) is 12.2. The van der Waals surface area contributed by atoms with Gasteiger partial charge in [0.1, 0.15) is 5.75 Å². The maximum Gasteiger partial charge on any atom is 0.343 e. The summed E-state index contributed by atoms with van der Waals surface area (Å²) in [7, 11) is -3.65. The number of ether oxygens (including phenoxy) is 1. The first kappa shape index (κ1) is 20.1. The van der Waals surface area contributed by atoms with Crippen LogP contribution in [0.1, 0.15) is 40.9 Å². The van der Waals surface area contributed by atoms with E-state index in [9.17, 15) is 13.2 Å². The molecule has 26 heavy (non-hydrogen) atoms. The zero-order chi connectivity index (χ0) is 19.5. The second-order valence-corrected chi connectivity index (χ2v) is 8.11. The Kier molecular flexibility index (Phi) is 6.21. The highest BCUT2D eigenvalue weighted by Gasteiger charge is 2.25. The van der Waals surface area contributed by atoms with Gasteiger partial charge in [0.05, 0.1) is 10.5 Å². The Bertz CT molecular complexity index is 915. The van der Waals surface area contributed by atoms with Crippen molar-refractivity contribution < 1.29 is 17.9 Å². The zero-order valence-corrected chi connectivity index (χ0v) is 16.7. The second-order valence-electron chi connectivity index (χ2n) is 6.21. The molecule has 5 nitrogen and oxygen atoms in total. The highest BCUT2D eigenvalue weighted by atomic mass is 32.2. The van der Waals surface area contributed by atoms with Crippen LogP contribution >= 0.6 is 0 Å².